The minimum atomic E-state index is -0.246. The molecule has 0 bridgehead atoms. The predicted molar refractivity (Wildman–Crippen MR) is 80.6 cm³/mol. The first-order valence-corrected chi connectivity index (χ1v) is 7.03. The smallest absolute Gasteiger partial charge is 0.143 e. The Labute approximate surface area is 128 Å². The van der Waals surface area contributed by atoms with Crippen LogP contribution in [-0.2, 0) is 6.54 Å². The van der Waals surface area contributed by atoms with Crippen LogP contribution in [0.15, 0.2) is 53.3 Å². The highest BCUT2D eigenvalue weighted by molar-refractivity contribution is 9.10. The van der Waals surface area contributed by atoms with Gasteiger partial charge in [0.1, 0.15) is 12.1 Å². The van der Waals surface area contributed by atoms with Crippen molar-refractivity contribution in [1.82, 2.24) is 20.2 Å². The molecule has 5 nitrogen and oxygen atoms in total. The summed E-state index contributed by atoms with van der Waals surface area (Å²) in [5.41, 5.74) is 2.67. The lowest BCUT2D eigenvalue weighted by Gasteiger charge is -2.09. The molecule has 1 aromatic heterocycles. The Kier molecular flexibility index (Phi) is 3.92. The number of hydrogen-bond donors (Lipinski definition) is 1. The summed E-state index contributed by atoms with van der Waals surface area (Å²) in [5.74, 6) is -0.246. The Bertz CT molecular complexity index is 728. The van der Waals surface area contributed by atoms with Gasteiger partial charge in [-0.05, 0) is 58.5 Å². The highest BCUT2D eigenvalue weighted by Crippen LogP contribution is 2.20. The maximum atomic E-state index is 13.2. The van der Waals surface area contributed by atoms with Crippen LogP contribution < -0.4 is 5.32 Å². The molecule has 0 saturated carbocycles. The number of benzene rings is 2. The quantitative estimate of drug-likeness (QED) is 0.787. The van der Waals surface area contributed by atoms with E-state index in [1.807, 2.05) is 24.3 Å². The van der Waals surface area contributed by atoms with Gasteiger partial charge in [-0.1, -0.05) is 15.9 Å². The minimum absolute atomic E-state index is 0.246. The molecule has 21 heavy (non-hydrogen) atoms. The summed E-state index contributed by atoms with van der Waals surface area (Å²) in [6.45, 7) is 0.530. The molecule has 0 aliphatic carbocycles. The average Bonchev–Trinajstić information content (AvgIpc) is 3.03. The van der Waals surface area contributed by atoms with Crippen LogP contribution in [0.3, 0.4) is 0 Å². The Balaban J connectivity index is 1.70. The molecular weight excluding hydrogens is 337 g/mol. The van der Waals surface area contributed by atoms with Gasteiger partial charge >= 0.3 is 0 Å². The van der Waals surface area contributed by atoms with Crippen molar-refractivity contribution in [3.8, 4) is 5.69 Å². The molecule has 0 amide bonds. The summed E-state index contributed by atoms with van der Waals surface area (Å²) < 4.78 is 15.7. The lowest BCUT2D eigenvalue weighted by atomic mass is 10.2. The molecule has 0 aliphatic heterocycles. The third-order valence-corrected chi connectivity index (χ3v) is 3.75. The van der Waals surface area contributed by atoms with Crippen molar-refractivity contribution in [2.45, 2.75) is 6.54 Å². The number of nitrogens with zero attached hydrogens (tertiary/aromatic N) is 4. The molecule has 2 aromatic carbocycles. The lowest BCUT2D eigenvalue weighted by Crippen LogP contribution is -2.01. The number of anilines is 1. The second-order valence-corrected chi connectivity index (χ2v) is 5.24. The van der Waals surface area contributed by atoms with E-state index in [0.29, 0.717) is 6.54 Å². The Hall–Kier alpha value is -2.28. The van der Waals surface area contributed by atoms with E-state index in [1.54, 1.807) is 10.7 Å². The Morgan fingerprint density at radius 2 is 1.95 bits per heavy atom. The van der Waals surface area contributed by atoms with E-state index in [-0.39, 0.29) is 5.82 Å². The van der Waals surface area contributed by atoms with Gasteiger partial charge in [0.2, 0.25) is 0 Å². The number of halogens is 2. The second kappa shape index (κ2) is 6.01. The zero-order valence-electron chi connectivity index (χ0n) is 10.9. The van der Waals surface area contributed by atoms with Gasteiger partial charge in [-0.3, -0.25) is 0 Å². The van der Waals surface area contributed by atoms with Gasteiger partial charge in [-0.15, -0.1) is 5.10 Å². The van der Waals surface area contributed by atoms with Crippen LogP contribution in [0.4, 0.5) is 10.1 Å². The number of tetrazole rings is 1. The van der Waals surface area contributed by atoms with E-state index >= 15 is 0 Å². The molecule has 0 aliphatic rings. The summed E-state index contributed by atoms with van der Waals surface area (Å²) >= 11 is 3.41. The van der Waals surface area contributed by atoms with Gasteiger partial charge in [-0.25, -0.2) is 9.07 Å². The van der Waals surface area contributed by atoms with Crippen molar-refractivity contribution in [2.75, 3.05) is 5.32 Å². The molecular formula is C14H11BrFN5. The van der Waals surface area contributed by atoms with E-state index in [2.05, 4.69) is 36.8 Å². The number of rotatable bonds is 4. The molecule has 3 rings (SSSR count). The average molecular weight is 348 g/mol. The normalized spacial score (nSPS) is 10.6. The molecule has 0 spiro atoms. The number of aromatic nitrogens is 4. The van der Waals surface area contributed by atoms with E-state index in [9.17, 15) is 4.39 Å². The van der Waals surface area contributed by atoms with Crippen molar-refractivity contribution < 1.29 is 4.39 Å². The largest absolute Gasteiger partial charge is 0.381 e. The van der Waals surface area contributed by atoms with E-state index in [0.717, 1.165) is 21.4 Å². The van der Waals surface area contributed by atoms with E-state index < -0.39 is 0 Å². The summed E-state index contributed by atoms with van der Waals surface area (Å²) in [4.78, 5) is 0. The van der Waals surface area contributed by atoms with E-state index in [4.69, 9.17) is 0 Å². The van der Waals surface area contributed by atoms with Crippen LogP contribution in [0.1, 0.15) is 5.56 Å². The minimum Gasteiger partial charge on any atom is -0.381 e. The SMILES string of the molecule is Fc1ccc(Br)c(CNc2ccc(-n3cnnn3)cc2)c1. The zero-order valence-corrected chi connectivity index (χ0v) is 12.5. The molecule has 7 heteroatoms. The topological polar surface area (TPSA) is 55.6 Å². The third kappa shape index (κ3) is 3.25. The standard InChI is InChI=1S/C14H11BrFN5/c15-14-6-1-11(16)7-10(14)8-17-12-2-4-13(5-3-12)21-9-18-19-20-21/h1-7,9,17H,8H2. The lowest BCUT2D eigenvalue weighted by molar-refractivity contribution is 0.625. The Morgan fingerprint density at radius 3 is 2.67 bits per heavy atom. The van der Waals surface area contributed by atoms with Crippen molar-refractivity contribution in [3.05, 3.63) is 64.6 Å². The van der Waals surface area contributed by atoms with Crippen molar-refractivity contribution in [3.63, 3.8) is 0 Å². The monoisotopic (exact) mass is 347 g/mol. The number of nitrogens with one attached hydrogen (secondary N) is 1. The summed E-state index contributed by atoms with van der Waals surface area (Å²) in [5, 5.41) is 14.2. The van der Waals surface area contributed by atoms with Crippen LogP contribution >= 0.6 is 15.9 Å². The first-order chi connectivity index (χ1) is 10.2. The van der Waals surface area contributed by atoms with E-state index in [1.165, 1.54) is 18.5 Å². The fraction of sp³-hybridized carbons (Fsp3) is 0.0714. The molecule has 3 aromatic rings. The fourth-order valence-corrected chi connectivity index (χ4v) is 2.27. The summed E-state index contributed by atoms with van der Waals surface area (Å²) in [6, 6.07) is 12.3. The Morgan fingerprint density at radius 1 is 1.14 bits per heavy atom. The maximum Gasteiger partial charge on any atom is 0.143 e. The molecule has 1 heterocycles. The van der Waals surface area contributed by atoms with Gasteiger partial charge in [0.15, 0.2) is 0 Å². The van der Waals surface area contributed by atoms with Crippen LogP contribution in [0.5, 0.6) is 0 Å². The van der Waals surface area contributed by atoms with Gasteiger partial charge < -0.3 is 5.32 Å². The maximum absolute atomic E-state index is 13.2. The molecule has 1 N–H and O–H groups in total. The number of hydrogen-bond acceptors (Lipinski definition) is 4. The van der Waals surface area contributed by atoms with Crippen molar-refractivity contribution in [1.29, 1.82) is 0 Å². The molecule has 0 fully saturated rings. The zero-order chi connectivity index (χ0) is 14.7. The van der Waals surface area contributed by atoms with Crippen LogP contribution in [0, 0.1) is 5.82 Å². The highest BCUT2D eigenvalue weighted by Gasteiger charge is 2.02. The molecule has 0 unspecified atom stereocenters. The summed E-state index contributed by atoms with van der Waals surface area (Å²) in [6.07, 6.45) is 1.53. The first-order valence-electron chi connectivity index (χ1n) is 6.23. The first kappa shape index (κ1) is 13.7. The molecule has 0 radical (unpaired) electrons. The van der Waals surface area contributed by atoms with Crippen LogP contribution in [0.2, 0.25) is 0 Å². The molecule has 0 atom stereocenters. The van der Waals surface area contributed by atoms with Gasteiger partial charge in [0, 0.05) is 16.7 Å². The van der Waals surface area contributed by atoms with Gasteiger partial charge in [0.05, 0.1) is 5.69 Å². The molecule has 0 saturated heterocycles. The predicted octanol–water partition coefficient (Wildman–Crippen LogP) is 3.18. The van der Waals surface area contributed by atoms with Crippen molar-refractivity contribution in [2.24, 2.45) is 0 Å². The van der Waals surface area contributed by atoms with Crippen molar-refractivity contribution >= 4 is 21.6 Å². The highest BCUT2D eigenvalue weighted by atomic mass is 79.9. The summed E-state index contributed by atoms with van der Waals surface area (Å²) in [7, 11) is 0. The molecule has 106 valence electrons. The third-order valence-electron chi connectivity index (χ3n) is 2.97. The van der Waals surface area contributed by atoms with Gasteiger partial charge in [-0.2, -0.15) is 0 Å². The fourth-order valence-electron chi connectivity index (χ4n) is 1.89. The van der Waals surface area contributed by atoms with Crippen LogP contribution in [0.25, 0.3) is 5.69 Å². The van der Waals surface area contributed by atoms with Gasteiger partial charge in [0.25, 0.3) is 0 Å². The van der Waals surface area contributed by atoms with Crippen LogP contribution in [-0.4, -0.2) is 20.2 Å². The second-order valence-electron chi connectivity index (χ2n) is 4.39.